The topological polar surface area (TPSA) is 26.8 Å². The van der Waals surface area contributed by atoms with Crippen molar-refractivity contribution in [2.24, 2.45) is 0 Å². The summed E-state index contributed by atoms with van der Waals surface area (Å²) in [6, 6.07) is 14.3. The van der Waals surface area contributed by atoms with Crippen molar-refractivity contribution in [2.45, 2.75) is 6.04 Å². The van der Waals surface area contributed by atoms with Gasteiger partial charge in [0.1, 0.15) is 5.82 Å². The fourth-order valence-corrected chi connectivity index (χ4v) is 3.19. The monoisotopic (exact) mass is 341 g/mol. The van der Waals surface area contributed by atoms with E-state index in [9.17, 15) is 9.18 Å². The molecule has 2 aromatic rings. The summed E-state index contributed by atoms with van der Waals surface area (Å²) in [5.74, 6) is -0.193. The summed E-state index contributed by atoms with van der Waals surface area (Å²) < 4.78 is 13.2. The highest BCUT2D eigenvalue weighted by molar-refractivity contribution is 5.94. The van der Waals surface area contributed by atoms with Crippen molar-refractivity contribution in [2.75, 3.05) is 45.7 Å². The number of hydrogen-bond acceptors (Lipinski definition) is 3. The van der Waals surface area contributed by atoms with E-state index in [1.54, 1.807) is 12.1 Å². The standard InChI is InChI=1S/C20H24FN3O/c1-22(2)18-10-6-16(7-11-18)20(25)24-13-12-23(3)19(14-24)15-4-8-17(21)9-5-15/h4-11,19H,12-14H2,1-3H3. The number of carbonyl (C=O) groups is 1. The van der Waals surface area contributed by atoms with E-state index in [2.05, 4.69) is 4.90 Å². The first-order valence-electron chi connectivity index (χ1n) is 8.48. The molecule has 5 heteroatoms. The molecule has 1 atom stereocenters. The third-order valence-corrected chi connectivity index (χ3v) is 4.82. The average molecular weight is 341 g/mol. The predicted molar refractivity (Wildman–Crippen MR) is 98.4 cm³/mol. The van der Waals surface area contributed by atoms with Gasteiger partial charge in [0.25, 0.3) is 5.91 Å². The number of rotatable bonds is 3. The second-order valence-corrected chi connectivity index (χ2v) is 6.74. The summed E-state index contributed by atoms with van der Waals surface area (Å²) in [7, 11) is 6.00. The van der Waals surface area contributed by atoms with E-state index in [1.807, 2.05) is 55.2 Å². The summed E-state index contributed by atoms with van der Waals surface area (Å²) in [6.07, 6.45) is 0. The van der Waals surface area contributed by atoms with Crippen LogP contribution in [0, 0.1) is 5.82 Å². The Kier molecular flexibility index (Phi) is 5.04. The molecule has 132 valence electrons. The smallest absolute Gasteiger partial charge is 0.253 e. The van der Waals surface area contributed by atoms with Gasteiger partial charge in [-0.25, -0.2) is 4.39 Å². The second-order valence-electron chi connectivity index (χ2n) is 6.74. The van der Waals surface area contributed by atoms with Crippen molar-refractivity contribution in [1.29, 1.82) is 0 Å². The Hall–Kier alpha value is -2.40. The normalized spacial score (nSPS) is 18.2. The van der Waals surface area contributed by atoms with Gasteiger partial charge in [-0.3, -0.25) is 9.69 Å². The number of halogens is 1. The van der Waals surface area contributed by atoms with Crippen molar-refractivity contribution in [3.63, 3.8) is 0 Å². The lowest BCUT2D eigenvalue weighted by Gasteiger charge is -2.39. The molecule has 1 saturated heterocycles. The number of likely N-dealkylation sites (N-methyl/N-ethyl adjacent to an activating group) is 1. The van der Waals surface area contributed by atoms with Gasteiger partial charge in [-0.05, 0) is 49.0 Å². The minimum absolute atomic E-state index is 0.0468. The van der Waals surface area contributed by atoms with Crippen molar-refractivity contribution in [3.8, 4) is 0 Å². The lowest BCUT2D eigenvalue weighted by atomic mass is 10.0. The van der Waals surface area contributed by atoms with Gasteiger partial charge in [0.05, 0.1) is 6.04 Å². The van der Waals surface area contributed by atoms with Gasteiger partial charge in [0, 0.05) is 45.0 Å². The number of amides is 1. The minimum atomic E-state index is -0.240. The highest BCUT2D eigenvalue weighted by Crippen LogP contribution is 2.25. The van der Waals surface area contributed by atoms with Crippen LogP contribution in [-0.2, 0) is 0 Å². The van der Waals surface area contributed by atoms with Crippen molar-refractivity contribution in [1.82, 2.24) is 9.80 Å². The van der Waals surface area contributed by atoms with Crippen LogP contribution in [-0.4, -0.2) is 56.5 Å². The average Bonchev–Trinajstić information content (AvgIpc) is 2.62. The largest absolute Gasteiger partial charge is 0.378 e. The Morgan fingerprint density at radius 3 is 2.28 bits per heavy atom. The molecular weight excluding hydrogens is 317 g/mol. The van der Waals surface area contributed by atoms with Crippen LogP contribution in [0.3, 0.4) is 0 Å². The highest BCUT2D eigenvalue weighted by Gasteiger charge is 2.29. The predicted octanol–water partition coefficient (Wildman–Crippen LogP) is 3.02. The molecule has 0 N–H and O–H groups in total. The number of carbonyl (C=O) groups excluding carboxylic acids is 1. The van der Waals surface area contributed by atoms with Crippen LogP contribution < -0.4 is 4.90 Å². The van der Waals surface area contributed by atoms with E-state index in [0.29, 0.717) is 18.7 Å². The molecule has 2 aromatic carbocycles. The van der Waals surface area contributed by atoms with Crippen molar-refractivity contribution >= 4 is 11.6 Å². The third kappa shape index (κ3) is 3.82. The Balaban J connectivity index is 1.76. The summed E-state index contributed by atoms with van der Waals surface area (Å²) in [5, 5.41) is 0. The molecule has 4 nitrogen and oxygen atoms in total. The Labute approximate surface area is 148 Å². The fraction of sp³-hybridized carbons (Fsp3) is 0.350. The van der Waals surface area contributed by atoms with Crippen LogP contribution >= 0.6 is 0 Å². The van der Waals surface area contributed by atoms with Gasteiger partial charge in [0.15, 0.2) is 0 Å². The van der Waals surface area contributed by atoms with Crippen LogP contribution in [0.1, 0.15) is 22.0 Å². The molecule has 0 spiro atoms. The summed E-state index contributed by atoms with van der Waals surface area (Å²) >= 11 is 0. The molecule has 0 saturated carbocycles. The molecule has 1 aliphatic rings. The number of benzene rings is 2. The Morgan fingerprint density at radius 2 is 1.68 bits per heavy atom. The zero-order valence-corrected chi connectivity index (χ0v) is 14.9. The maximum Gasteiger partial charge on any atom is 0.253 e. The Morgan fingerprint density at radius 1 is 1.04 bits per heavy atom. The van der Waals surface area contributed by atoms with E-state index in [0.717, 1.165) is 17.8 Å². The van der Waals surface area contributed by atoms with Gasteiger partial charge in [-0.2, -0.15) is 0 Å². The molecule has 0 bridgehead atoms. The maximum atomic E-state index is 13.2. The van der Waals surface area contributed by atoms with Gasteiger partial charge < -0.3 is 9.80 Å². The van der Waals surface area contributed by atoms with Crippen LogP contribution in [0.4, 0.5) is 10.1 Å². The quantitative estimate of drug-likeness (QED) is 0.859. The van der Waals surface area contributed by atoms with Crippen LogP contribution in [0.25, 0.3) is 0 Å². The van der Waals surface area contributed by atoms with Gasteiger partial charge in [0.2, 0.25) is 0 Å². The zero-order chi connectivity index (χ0) is 18.0. The van der Waals surface area contributed by atoms with Crippen molar-refractivity contribution in [3.05, 3.63) is 65.5 Å². The minimum Gasteiger partial charge on any atom is -0.378 e. The first kappa shape index (κ1) is 17.4. The second kappa shape index (κ2) is 7.23. The van der Waals surface area contributed by atoms with E-state index < -0.39 is 0 Å². The summed E-state index contributed by atoms with van der Waals surface area (Å²) in [4.78, 5) is 19.0. The lowest BCUT2D eigenvalue weighted by molar-refractivity contribution is 0.0546. The zero-order valence-electron chi connectivity index (χ0n) is 14.9. The molecule has 1 fully saturated rings. The van der Waals surface area contributed by atoms with E-state index >= 15 is 0 Å². The molecular formula is C20H24FN3O. The number of piperazine rings is 1. The Bertz CT molecular complexity index is 728. The number of nitrogens with zero attached hydrogens (tertiary/aromatic N) is 3. The van der Waals surface area contributed by atoms with Crippen LogP contribution in [0.2, 0.25) is 0 Å². The molecule has 3 rings (SSSR count). The summed E-state index contributed by atoms with van der Waals surface area (Å²) in [6.45, 7) is 2.10. The molecule has 1 unspecified atom stereocenters. The van der Waals surface area contributed by atoms with Crippen molar-refractivity contribution < 1.29 is 9.18 Å². The fourth-order valence-electron chi connectivity index (χ4n) is 3.19. The lowest BCUT2D eigenvalue weighted by Crippen LogP contribution is -2.49. The van der Waals surface area contributed by atoms with E-state index in [-0.39, 0.29) is 17.8 Å². The highest BCUT2D eigenvalue weighted by atomic mass is 19.1. The SMILES string of the molecule is CN(C)c1ccc(C(=O)N2CCN(C)C(c3ccc(F)cc3)C2)cc1. The molecule has 1 aliphatic heterocycles. The van der Waals surface area contributed by atoms with E-state index in [1.165, 1.54) is 12.1 Å². The molecule has 1 amide bonds. The molecule has 1 heterocycles. The maximum absolute atomic E-state index is 13.2. The summed E-state index contributed by atoms with van der Waals surface area (Å²) in [5.41, 5.74) is 2.80. The number of anilines is 1. The van der Waals surface area contributed by atoms with Gasteiger partial charge >= 0.3 is 0 Å². The van der Waals surface area contributed by atoms with Gasteiger partial charge in [-0.1, -0.05) is 12.1 Å². The van der Waals surface area contributed by atoms with Crippen LogP contribution in [0.5, 0.6) is 0 Å². The molecule has 0 radical (unpaired) electrons. The molecule has 0 aliphatic carbocycles. The van der Waals surface area contributed by atoms with Crippen LogP contribution in [0.15, 0.2) is 48.5 Å². The molecule has 0 aromatic heterocycles. The number of hydrogen-bond donors (Lipinski definition) is 0. The first-order chi connectivity index (χ1) is 12.0. The van der Waals surface area contributed by atoms with E-state index in [4.69, 9.17) is 0 Å². The van der Waals surface area contributed by atoms with Gasteiger partial charge in [-0.15, -0.1) is 0 Å². The third-order valence-electron chi connectivity index (χ3n) is 4.82. The first-order valence-corrected chi connectivity index (χ1v) is 8.48. The molecule has 25 heavy (non-hydrogen) atoms.